The Morgan fingerprint density at radius 3 is 3.09 bits per heavy atom. The maximum absolute atomic E-state index is 12.3. The molecule has 1 saturated heterocycles. The molecule has 3 heterocycles. The van der Waals surface area contributed by atoms with Crippen molar-refractivity contribution >= 4 is 17.4 Å². The number of likely N-dealkylation sites (tertiary alicyclic amines) is 1. The minimum Gasteiger partial charge on any atom is -0.487 e. The van der Waals surface area contributed by atoms with Crippen LogP contribution >= 0.6 is 11.3 Å². The zero-order valence-corrected chi connectivity index (χ0v) is 14.2. The number of urea groups is 1. The van der Waals surface area contributed by atoms with Gasteiger partial charge in [0.1, 0.15) is 11.9 Å². The maximum Gasteiger partial charge on any atom is 0.317 e. The van der Waals surface area contributed by atoms with Gasteiger partial charge in [-0.3, -0.25) is 4.98 Å². The van der Waals surface area contributed by atoms with Gasteiger partial charge in [-0.25, -0.2) is 4.79 Å². The number of hydrogen-bond donors (Lipinski definition) is 1. The normalized spacial score (nSPS) is 17.3. The number of carbonyl (C=O) groups excluding carboxylic acids is 1. The molecule has 1 aliphatic heterocycles. The van der Waals surface area contributed by atoms with Crippen molar-refractivity contribution in [2.24, 2.45) is 0 Å². The quantitative estimate of drug-likeness (QED) is 0.936. The number of aromatic nitrogens is 1. The predicted molar refractivity (Wildman–Crippen MR) is 90.9 cm³/mol. The molecule has 1 fully saturated rings. The highest BCUT2D eigenvalue weighted by atomic mass is 32.1. The van der Waals surface area contributed by atoms with Gasteiger partial charge in [0.2, 0.25) is 0 Å². The second kappa shape index (κ2) is 7.00. The third-order valence-corrected chi connectivity index (χ3v) is 4.95. The number of nitrogens with zero attached hydrogens (tertiary/aromatic N) is 2. The minimum atomic E-state index is -0.0226. The van der Waals surface area contributed by atoms with E-state index < -0.39 is 0 Å². The summed E-state index contributed by atoms with van der Waals surface area (Å²) < 4.78 is 5.86. The van der Waals surface area contributed by atoms with Gasteiger partial charge in [0.15, 0.2) is 0 Å². The number of nitrogens with one attached hydrogen (secondary N) is 1. The first-order valence-corrected chi connectivity index (χ1v) is 8.59. The van der Waals surface area contributed by atoms with Gasteiger partial charge in [0.05, 0.1) is 12.7 Å². The monoisotopic (exact) mass is 331 g/mol. The fraction of sp³-hybridized carbons (Fsp3) is 0.412. The summed E-state index contributed by atoms with van der Waals surface area (Å²) in [4.78, 5) is 20.7. The molecule has 2 aromatic heterocycles. The zero-order chi connectivity index (χ0) is 16.2. The average Bonchev–Trinajstić information content (AvgIpc) is 3.12. The lowest BCUT2D eigenvalue weighted by Crippen LogP contribution is -2.39. The van der Waals surface area contributed by atoms with Crippen LogP contribution in [-0.4, -0.2) is 35.1 Å². The van der Waals surface area contributed by atoms with E-state index in [1.807, 2.05) is 17.0 Å². The molecular formula is C17H21N3O2S. The zero-order valence-electron chi connectivity index (χ0n) is 13.4. The number of aryl methyl sites for hydroxylation is 2. The largest absolute Gasteiger partial charge is 0.487 e. The number of pyridine rings is 1. The van der Waals surface area contributed by atoms with Crippen LogP contribution < -0.4 is 10.1 Å². The summed E-state index contributed by atoms with van der Waals surface area (Å²) in [5, 5.41) is 3.01. The van der Waals surface area contributed by atoms with Crippen molar-refractivity contribution in [3.63, 3.8) is 0 Å². The van der Waals surface area contributed by atoms with Crippen LogP contribution in [0.2, 0.25) is 0 Å². The van der Waals surface area contributed by atoms with Crippen molar-refractivity contribution < 1.29 is 9.53 Å². The molecule has 5 nitrogen and oxygen atoms in total. The predicted octanol–water partition coefficient (Wildman–Crippen LogP) is 3.12. The molecule has 1 atom stereocenters. The number of rotatable bonds is 4. The summed E-state index contributed by atoms with van der Waals surface area (Å²) in [5.74, 6) is 0.754. The van der Waals surface area contributed by atoms with Gasteiger partial charge in [0.25, 0.3) is 0 Å². The topological polar surface area (TPSA) is 54.5 Å². The van der Waals surface area contributed by atoms with Crippen molar-refractivity contribution in [3.05, 3.63) is 45.9 Å². The summed E-state index contributed by atoms with van der Waals surface area (Å²) in [6, 6.07) is 5.85. The lowest BCUT2D eigenvalue weighted by molar-refractivity contribution is 0.186. The van der Waals surface area contributed by atoms with Crippen LogP contribution in [0.1, 0.15) is 21.7 Å². The molecule has 0 aliphatic carbocycles. The Balaban J connectivity index is 1.48. The highest BCUT2D eigenvalue weighted by Gasteiger charge is 2.27. The fourth-order valence-corrected chi connectivity index (χ4v) is 3.71. The molecule has 2 amide bonds. The van der Waals surface area contributed by atoms with Crippen molar-refractivity contribution in [2.45, 2.75) is 32.9 Å². The smallest absolute Gasteiger partial charge is 0.317 e. The van der Waals surface area contributed by atoms with Gasteiger partial charge < -0.3 is 15.0 Å². The standard InChI is InChI=1S/C17H21N3O2S/c1-12-8-14(13(2)23-12)9-19-17(21)20-7-5-16(11-20)22-15-4-3-6-18-10-15/h3-4,6,8,10,16H,5,7,9,11H2,1-2H3,(H,19,21)/t16-/m0/s1. The SMILES string of the molecule is Cc1cc(CNC(=O)N2CC[C@H](Oc3cccnc3)C2)c(C)s1. The number of carbonyl (C=O) groups is 1. The highest BCUT2D eigenvalue weighted by molar-refractivity contribution is 7.12. The van der Waals surface area contributed by atoms with Crippen molar-refractivity contribution in [1.29, 1.82) is 0 Å². The van der Waals surface area contributed by atoms with E-state index in [-0.39, 0.29) is 12.1 Å². The Morgan fingerprint density at radius 1 is 1.52 bits per heavy atom. The molecule has 1 N–H and O–H groups in total. The molecule has 0 unspecified atom stereocenters. The van der Waals surface area contributed by atoms with Gasteiger partial charge >= 0.3 is 6.03 Å². The van der Waals surface area contributed by atoms with Crippen LogP contribution in [0.25, 0.3) is 0 Å². The molecule has 2 aromatic rings. The molecule has 1 aliphatic rings. The molecule has 0 saturated carbocycles. The van der Waals surface area contributed by atoms with Crippen LogP contribution in [0.5, 0.6) is 5.75 Å². The number of thiophene rings is 1. The Morgan fingerprint density at radius 2 is 2.39 bits per heavy atom. The van der Waals surface area contributed by atoms with Gasteiger partial charge in [-0.15, -0.1) is 11.3 Å². The molecule has 122 valence electrons. The van der Waals surface area contributed by atoms with Gasteiger partial charge in [-0.05, 0) is 37.6 Å². The average molecular weight is 331 g/mol. The maximum atomic E-state index is 12.3. The molecule has 0 aromatic carbocycles. The summed E-state index contributed by atoms with van der Waals surface area (Å²) in [6.07, 6.45) is 4.30. The second-order valence-electron chi connectivity index (χ2n) is 5.76. The van der Waals surface area contributed by atoms with Gasteiger partial charge in [0, 0.05) is 35.5 Å². The third-order valence-electron chi connectivity index (χ3n) is 3.94. The molecule has 0 bridgehead atoms. The highest BCUT2D eigenvalue weighted by Crippen LogP contribution is 2.21. The Kier molecular flexibility index (Phi) is 4.81. The van der Waals surface area contributed by atoms with Gasteiger partial charge in [-0.1, -0.05) is 0 Å². The Labute approximate surface area is 140 Å². The van der Waals surface area contributed by atoms with E-state index in [2.05, 4.69) is 30.2 Å². The Bertz CT molecular complexity index is 672. The van der Waals surface area contributed by atoms with E-state index in [0.717, 1.165) is 18.7 Å². The summed E-state index contributed by atoms with van der Waals surface area (Å²) in [6.45, 7) is 6.09. The number of amides is 2. The second-order valence-corrected chi connectivity index (χ2v) is 7.22. The number of hydrogen-bond acceptors (Lipinski definition) is 4. The minimum absolute atomic E-state index is 0.0226. The number of ether oxygens (including phenoxy) is 1. The summed E-state index contributed by atoms with van der Waals surface area (Å²) in [7, 11) is 0. The first kappa shape index (κ1) is 15.8. The van der Waals surface area contributed by atoms with Crippen LogP contribution in [0.15, 0.2) is 30.6 Å². The van der Waals surface area contributed by atoms with Crippen LogP contribution in [0.4, 0.5) is 4.79 Å². The van der Waals surface area contributed by atoms with Crippen LogP contribution in [0.3, 0.4) is 0 Å². The molecular weight excluding hydrogens is 310 g/mol. The Hall–Kier alpha value is -2.08. The van der Waals surface area contributed by atoms with Crippen LogP contribution in [-0.2, 0) is 6.54 Å². The van der Waals surface area contributed by atoms with Crippen molar-refractivity contribution in [2.75, 3.05) is 13.1 Å². The van der Waals surface area contributed by atoms with E-state index in [4.69, 9.17) is 4.74 Å². The molecule has 0 radical (unpaired) electrons. The van der Waals surface area contributed by atoms with E-state index in [1.54, 1.807) is 23.7 Å². The van der Waals surface area contributed by atoms with Crippen LogP contribution in [0, 0.1) is 13.8 Å². The van der Waals surface area contributed by atoms with E-state index >= 15 is 0 Å². The summed E-state index contributed by atoms with van der Waals surface area (Å²) >= 11 is 1.76. The van der Waals surface area contributed by atoms with E-state index in [9.17, 15) is 4.79 Å². The molecule has 23 heavy (non-hydrogen) atoms. The van der Waals surface area contributed by atoms with Crippen molar-refractivity contribution in [1.82, 2.24) is 15.2 Å². The lowest BCUT2D eigenvalue weighted by atomic mass is 10.2. The summed E-state index contributed by atoms with van der Waals surface area (Å²) in [5.41, 5.74) is 1.20. The molecule has 3 rings (SSSR count). The van der Waals surface area contributed by atoms with E-state index in [1.165, 1.54) is 15.3 Å². The third kappa shape index (κ3) is 4.01. The van der Waals surface area contributed by atoms with Gasteiger partial charge in [-0.2, -0.15) is 0 Å². The lowest BCUT2D eigenvalue weighted by Gasteiger charge is -2.18. The first-order chi connectivity index (χ1) is 11.1. The van der Waals surface area contributed by atoms with E-state index in [0.29, 0.717) is 13.1 Å². The molecule has 0 spiro atoms. The fourth-order valence-electron chi connectivity index (χ4n) is 2.76. The molecule has 6 heteroatoms. The van der Waals surface area contributed by atoms with Crippen molar-refractivity contribution in [3.8, 4) is 5.75 Å². The first-order valence-electron chi connectivity index (χ1n) is 7.77.